The van der Waals surface area contributed by atoms with Crippen LogP contribution >= 0.6 is 7.94 Å². The molecular weight excluding hydrogens is 473 g/mol. The number of hydrogen-bond acceptors (Lipinski definition) is 9. The minimum Gasteiger partial charge on any atom is -0.497 e. The highest BCUT2D eigenvalue weighted by atomic mass is 31.2. The molecule has 0 aliphatic rings. The number of nitrogens with one attached hydrogen (secondary N) is 2. The van der Waals surface area contributed by atoms with E-state index < -0.39 is 25.5 Å². The Morgan fingerprint density at radius 1 is 1.06 bits per heavy atom. The summed E-state index contributed by atoms with van der Waals surface area (Å²) in [6.07, 6.45) is 2.62. The standard InChI is InChI=1S/C23H20N5O6P/c1-34-16-9-7-14(8-10-16)20(15-4-2-5-17(12-15)35(31,32)33)26-22(29)18-13-24-21(27-23(18)30)19-6-3-11-25-28-19/h2-13,20,31-33H,1H3,(H-,24,26,27,29,30)/p+1. The third-order valence-corrected chi connectivity index (χ3v) is 6.10. The molecule has 1 amide bonds. The van der Waals surface area contributed by atoms with Gasteiger partial charge in [0.1, 0.15) is 17.0 Å². The van der Waals surface area contributed by atoms with E-state index in [-0.39, 0.29) is 16.7 Å². The molecule has 12 heteroatoms. The normalized spacial score (nSPS) is 12.1. The fourth-order valence-corrected chi connectivity index (χ4v) is 3.98. The van der Waals surface area contributed by atoms with Crippen LogP contribution in [0.3, 0.4) is 0 Å². The van der Waals surface area contributed by atoms with E-state index in [1.54, 1.807) is 42.5 Å². The minimum atomic E-state index is -4.28. The van der Waals surface area contributed by atoms with Crippen LogP contribution in [0.2, 0.25) is 0 Å². The van der Waals surface area contributed by atoms with Crippen molar-refractivity contribution in [3.63, 3.8) is 0 Å². The molecule has 0 saturated carbocycles. The summed E-state index contributed by atoms with van der Waals surface area (Å²) in [6, 6.07) is 15.2. The van der Waals surface area contributed by atoms with Crippen molar-refractivity contribution in [2.24, 2.45) is 0 Å². The summed E-state index contributed by atoms with van der Waals surface area (Å²) in [7, 11) is -2.76. The van der Waals surface area contributed by atoms with Crippen molar-refractivity contribution in [3.8, 4) is 17.3 Å². The molecule has 178 valence electrons. The molecule has 5 N–H and O–H groups in total. The summed E-state index contributed by atoms with van der Waals surface area (Å²) in [4.78, 5) is 61.5. The van der Waals surface area contributed by atoms with E-state index in [1.807, 2.05) is 0 Å². The number of methoxy groups -OCH3 is 1. The average Bonchev–Trinajstić information content (AvgIpc) is 2.87. The van der Waals surface area contributed by atoms with Crippen LogP contribution in [0.15, 0.2) is 77.9 Å². The number of carbonyl (C=O) groups is 1. The number of aromatic nitrogens is 4. The number of rotatable bonds is 7. The van der Waals surface area contributed by atoms with Crippen molar-refractivity contribution in [3.05, 3.63) is 100 Å². The van der Waals surface area contributed by atoms with Crippen LogP contribution in [0.25, 0.3) is 11.5 Å². The van der Waals surface area contributed by atoms with Crippen LogP contribution in [0, 0.1) is 0 Å². The molecule has 0 fully saturated rings. The molecule has 1 unspecified atom stereocenters. The fourth-order valence-electron chi connectivity index (χ4n) is 3.37. The van der Waals surface area contributed by atoms with Gasteiger partial charge < -0.3 is 15.0 Å². The molecule has 1 atom stereocenters. The summed E-state index contributed by atoms with van der Waals surface area (Å²) in [6.45, 7) is 0. The van der Waals surface area contributed by atoms with Gasteiger partial charge in [-0.3, -0.25) is 9.59 Å². The fraction of sp³-hybridized carbons (Fsp3) is 0.0870. The second-order valence-electron chi connectivity index (χ2n) is 7.43. The Morgan fingerprint density at radius 3 is 2.46 bits per heavy atom. The first-order valence-electron chi connectivity index (χ1n) is 10.3. The van der Waals surface area contributed by atoms with Gasteiger partial charge in [-0.1, -0.05) is 24.3 Å². The van der Waals surface area contributed by atoms with E-state index in [2.05, 4.69) is 25.5 Å². The number of nitrogens with zero attached hydrogens (tertiary/aromatic N) is 3. The highest BCUT2D eigenvalue weighted by molar-refractivity contribution is 7.66. The lowest BCUT2D eigenvalue weighted by Gasteiger charge is -2.20. The SMILES string of the molecule is COc1ccc(C(NC(=O)c2cnc(-c3cccnn3)[nH]c2=O)c2cccc([P+](O)(O)O)c2)cc1. The van der Waals surface area contributed by atoms with Gasteiger partial charge in [-0.15, -0.1) is 5.10 Å². The Kier molecular flexibility index (Phi) is 6.94. The highest BCUT2D eigenvalue weighted by Gasteiger charge is 2.34. The molecule has 0 aliphatic heterocycles. The van der Waals surface area contributed by atoms with Crippen molar-refractivity contribution in [1.82, 2.24) is 25.5 Å². The van der Waals surface area contributed by atoms with Gasteiger partial charge in [0.2, 0.25) is 0 Å². The lowest BCUT2D eigenvalue weighted by atomic mass is 9.98. The lowest BCUT2D eigenvalue weighted by Crippen LogP contribution is -2.34. The van der Waals surface area contributed by atoms with Gasteiger partial charge in [0, 0.05) is 12.4 Å². The quantitative estimate of drug-likeness (QED) is 0.236. The maximum atomic E-state index is 13.1. The molecule has 0 bridgehead atoms. The Morgan fingerprint density at radius 2 is 1.83 bits per heavy atom. The Balaban J connectivity index is 1.69. The van der Waals surface area contributed by atoms with Gasteiger partial charge in [-0.25, -0.2) is 4.98 Å². The topological polar surface area (TPSA) is 171 Å². The van der Waals surface area contributed by atoms with Crippen molar-refractivity contribution in [1.29, 1.82) is 0 Å². The van der Waals surface area contributed by atoms with Crippen LogP contribution in [0.4, 0.5) is 0 Å². The van der Waals surface area contributed by atoms with Gasteiger partial charge in [0.15, 0.2) is 11.1 Å². The molecule has 2 aromatic heterocycles. The number of hydrogen-bond donors (Lipinski definition) is 5. The van der Waals surface area contributed by atoms with Gasteiger partial charge in [-0.2, -0.15) is 19.8 Å². The Bertz CT molecular complexity index is 1390. The largest absolute Gasteiger partial charge is 0.497 e. The number of benzene rings is 2. The molecule has 35 heavy (non-hydrogen) atoms. The summed E-state index contributed by atoms with van der Waals surface area (Å²) in [5, 5.41) is 10.3. The summed E-state index contributed by atoms with van der Waals surface area (Å²) >= 11 is 0. The summed E-state index contributed by atoms with van der Waals surface area (Å²) in [5.74, 6) is 0.0424. The predicted molar refractivity (Wildman–Crippen MR) is 128 cm³/mol. The molecule has 11 nitrogen and oxygen atoms in total. The zero-order valence-corrected chi connectivity index (χ0v) is 19.3. The van der Waals surface area contributed by atoms with E-state index in [1.165, 1.54) is 31.5 Å². The lowest BCUT2D eigenvalue weighted by molar-refractivity contribution is 0.0941. The first-order valence-corrected chi connectivity index (χ1v) is 11.9. The minimum absolute atomic E-state index is 0.0874. The second-order valence-corrected chi connectivity index (χ2v) is 9.08. The predicted octanol–water partition coefficient (Wildman–Crippen LogP) is 1.12. The monoisotopic (exact) mass is 494 g/mol. The number of amides is 1. The van der Waals surface area contributed by atoms with Crippen molar-refractivity contribution in [2.45, 2.75) is 6.04 Å². The highest BCUT2D eigenvalue weighted by Crippen LogP contribution is 2.43. The molecule has 0 aliphatic carbocycles. The zero-order chi connectivity index (χ0) is 25.0. The van der Waals surface area contributed by atoms with Gasteiger partial charge in [-0.05, 0) is 47.5 Å². The molecule has 0 spiro atoms. The third-order valence-electron chi connectivity index (χ3n) is 5.13. The number of aromatic amines is 1. The van der Waals surface area contributed by atoms with Crippen LogP contribution < -0.4 is 20.9 Å². The molecular formula is C23H21N5O6P+. The molecule has 0 saturated heterocycles. The molecule has 0 radical (unpaired) electrons. The third kappa shape index (κ3) is 5.56. The average molecular weight is 494 g/mol. The smallest absolute Gasteiger partial charge is 0.440 e. The van der Waals surface area contributed by atoms with E-state index in [9.17, 15) is 24.3 Å². The second kappa shape index (κ2) is 10.1. The van der Waals surface area contributed by atoms with Crippen molar-refractivity contribution in [2.75, 3.05) is 7.11 Å². The van der Waals surface area contributed by atoms with Gasteiger partial charge in [0.25, 0.3) is 11.5 Å². The molecule has 4 aromatic rings. The van der Waals surface area contributed by atoms with E-state index in [0.29, 0.717) is 22.6 Å². The summed E-state index contributed by atoms with van der Waals surface area (Å²) in [5.41, 5.74) is 0.498. The molecule has 2 heterocycles. The maximum Gasteiger partial charge on any atom is 0.440 e. The van der Waals surface area contributed by atoms with Crippen LogP contribution in [-0.4, -0.2) is 47.9 Å². The number of carbonyl (C=O) groups excluding carboxylic acids is 1. The van der Waals surface area contributed by atoms with Crippen LogP contribution in [0.1, 0.15) is 27.5 Å². The van der Waals surface area contributed by atoms with E-state index >= 15 is 0 Å². The van der Waals surface area contributed by atoms with Gasteiger partial charge in [0.05, 0.1) is 13.2 Å². The maximum absolute atomic E-state index is 13.1. The van der Waals surface area contributed by atoms with E-state index in [0.717, 1.165) is 6.20 Å². The zero-order valence-electron chi connectivity index (χ0n) is 18.4. The van der Waals surface area contributed by atoms with E-state index in [4.69, 9.17) is 4.74 Å². The van der Waals surface area contributed by atoms with Gasteiger partial charge >= 0.3 is 7.94 Å². The number of ether oxygens (including phenoxy) is 1. The molecule has 4 rings (SSSR count). The molecule has 2 aromatic carbocycles. The Hall–Kier alpha value is -4.02. The first kappa shape index (κ1) is 24.1. The van der Waals surface area contributed by atoms with Crippen molar-refractivity contribution >= 4 is 19.2 Å². The first-order chi connectivity index (χ1) is 16.8. The van der Waals surface area contributed by atoms with Crippen molar-refractivity contribution < 1.29 is 24.2 Å². The Labute approximate surface area is 199 Å². The number of H-pyrrole nitrogens is 1. The van der Waals surface area contributed by atoms with Crippen LogP contribution in [-0.2, 0) is 0 Å². The van der Waals surface area contributed by atoms with Crippen LogP contribution in [0.5, 0.6) is 5.75 Å². The summed E-state index contributed by atoms with van der Waals surface area (Å²) < 4.78 is 5.19.